The maximum absolute atomic E-state index is 10.6. The Labute approximate surface area is 81.7 Å². The lowest BCUT2D eigenvalue weighted by atomic mass is 10.3. The second kappa shape index (κ2) is 11.0. The highest BCUT2D eigenvalue weighted by molar-refractivity contribution is 5.75. The van der Waals surface area contributed by atoms with Crippen LogP contribution in [-0.4, -0.2) is 5.91 Å². The van der Waals surface area contributed by atoms with E-state index in [2.05, 4.69) is 5.32 Å². The van der Waals surface area contributed by atoms with Crippen LogP contribution in [0.5, 0.6) is 0 Å². The Hall–Kier alpha value is -1.05. The van der Waals surface area contributed by atoms with Crippen LogP contribution in [0.3, 0.4) is 0 Å². The molecule has 0 aromatic carbocycles. The molecule has 2 heteroatoms. The fourth-order valence-corrected chi connectivity index (χ4v) is 0.763. The minimum absolute atomic E-state index is 0.0252. The fraction of sp³-hybridized carbons (Fsp3) is 0.545. The van der Waals surface area contributed by atoms with Crippen LogP contribution in [0.15, 0.2) is 23.9 Å². The first-order valence-corrected chi connectivity index (χ1v) is 4.81. The maximum Gasteiger partial charge on any atom is 0.221 e. The van der Waals surface area contributed by atoms with Crippen molar-refractivity contribution in [2.75, 3.05) is 0 Å². The molecule has 0 atom stereocenters. The molecule has 13 heavy (non-hydrogen) atoms. The summed E-state index contributed by atoms with van der Waals surface area (Å²) >= 11 is 0. The van der Waals surface area contributed by atoms with Gasteiger partial charge in [0.1, 0.15) is 0 Å². The van der Waals surface area contributed by atoms with E-state index in [0.29, 0.717) is 0 Å². The van der Waals surface area contributed by atoms with E-state index in [4.69, 9.17) is 0 Å². The van der Waals surface area contributed by atoms with Gasteiger partial charge in [0.2, 0.25) is 5.91 Å². The van der Waals surface area contributed by atoms with Crippen LogP contribution < -0.4 is 5.32 Å². The predicted octanol–water partition coefficient (Wildman–Crippen LogP) is 3.02. The fourth-order valence-electron chi connectivity index (χ4n) is 0.763. The molecule has 0 aromatic rings. The summed E-state index contributed by atoms with van der Waals surface area (Å²) in [4.78, 5) is 10.6. The quantitative estimate of drug-likeness (QED) is 0.669. The Bertz CT molecular complexity index is 181. The van der Waals surface area contributed by atoms with E-state index >= 15 is 0 Å². The molecular weight excluding hydrogens is 162 g/mol. The molecule has 0 fully saturated rings. The largest absolute Gasteiger partial charge is 0.327 e. The molecule has 0 saturated heterocycles. The average Bonchev–Trinajstić information content (AvgIpc) is 2.08. The first-order valence-electron chi connectivity index (χ1n) is 4.81. The number of carbonyl (C=O) groups excluding carboxylic acids is 1. The second-order valence-electron chi connectivity index (χ2n) is 2.25. The summed E-state index contributed by atoms with van der Waals surface area (Å²) in [5, 5.41) is 2.72. The number of hydrogen-bond donors (Lipinski definition) is 1. The van der Waals surface area contributed by atoms with Crippen LogP contribution in [0.4, 0.5) is 0 Å². The molecule has 0 aliphatic carbocycles. The first-order chi connectivity index (χ1) is 6.20. The molecule has 0 aromatic heterocycles. The normalized spacial score (nSPS) is 10.7. The molecule has 0 bridgehead atoms. The van der Waals surface area contributed by atoms with Gasteiger partial charge in [0.05, 0.1) is 0 Å². The topological polar surface area (TPSA) is 29.1 Å². The first kappa shape index (κ1) is 14.5. The van der Waals surface area contributed by atoms with Crippen molar-refractivity contribution in [1.29, 1.82) is 0 Å². The van der Waals surface area contributed by atoms with Crippen molar-refractivity contribution >= 4 is 5.91 Å². The minimum Gasteiger partial charge on any atom is -0.327 e. The third kappa shape index (κ3) is 10.9. The Morgan fingerprint density at radius 3 is 2.23 bits per heavy atom. The minimum atomic E-state index is -0.0252. The Kier molecular flexibility index (Phi) is 12.2. The Morgan fingerprint density at radius 2 is 1.92 bits per heavy atom. The third-order valence-electron chi connectivity index (χ3n) is 1.09. The summed E-state index contributed by atoms with van der Waals surface area (Å²) in [5.74, 6) is -0.0252. The van der Waals surface area contributed by atoms with Gasteiger partial charge in [-0.3, -0.25) is 4.79 Å². The SMILES string of the molecule is C/C=C\C(=C/CC)NC(C)=O.CC. The Morgan fingerprint density at radius 1 is 1.38 bits per heavy atom. The lowest BCUT2D eigenvalue weighted by Crippen LogP contribution is -2.17. The van der Waals surface area contributed by atoms with Crippen molar-refractivity contribution in [3.8, 4) is 0 Å². The summed E-state index contributed by atoms with van der Waals surface area (Å²) in [6.07, 6.45) is 6.68. The molecule has 2 nitrogen and oxygen atoms in total. The summed E-state index contributed by atoms with van der Waals surface area (Å²) in [7, 11) is 0. The van der Waals surface area contributed by atoms with Crippen LogP contribution in [0.25, 0.3) is 0 Å². The van der Waals surface area contributed by atoms with E-state index in [1.165, 1.54) is 6.92 Å². The van der Waals surface area contributed by atoms with Crippen LogP contribution in [0.1, 0.15) is 41.0 Å². The van der Waals surface area contributed by atoms with Gasteiger partial charge in [0.25, 0.3) is 0 Å². The predicted molar refractivity (Wildman–Crippen MR) is 58.4 cm³/mol. The number of nitrogens with one attached hydrogen (secondary N) is 1. The van der Waals surface area contributed by atoms with Crippen molar-refractivity contribution in [3.05, 3.63) is 23.9 Å². The number of hydrogen-bond acceptors (Lipinski definition) is 1. The summed E-state index contributed by atoms with van der Waals surface area (Å²) < 4.78 is 0. The van der Waals surface area contributed by atoms with Gasteiger partial charge in [-0.15, -0.1) is 0 Å². The van der Waals surface area contributed by atoms with Gasteiger partial charge in [-0.25, -0.2) is 0 Å². The van der Waals surface area contributed by atoms with Crippen molar-refractivity contribution < 1.29 is 4.79 Å². The average molecular weight is 183 g/mol. The molecule has 0 radical (unpaired) electrons. The third-order valence-corrected chi connectivity index (χ3v) is 1.09. The smallest absolute Gasteiger partial charge is 0.221 e. The van der Waals surface area contributed by atoms with Gasteiger partial charge in [-0.05, 0) is 19.4 Å². The van der Waals surface area contributed by atoms with Gasteiger partial charge in [0, 0.05) is 12.6 Å². The lowest BCUT2D eigenvalue weighted by molar-refractivity contribution is -0.118. The molecule has 0 aliphatic rings. The van der Waals surface area contributed by atoms with Crippen LogP contribution in [-0.2, 0) is 4.79 Å². The van der Waals surface area contributed by atoms with E-state index < -0.39 is 0 Å². The lowest BCUT2D eigenvalue weighted by Gasteiger charge is -2.00. The highest BCUT2D eigenvalue weighted by Gasteiger charge is 1.91. The van der Waals surface area contributed by atoms with Crippen molar-refractivity contribution in [2.24, 2.45) is 0 Å². The Balaban J connectivity index is 0. The van der Waals surface area contributed by atoms with Gasteiger partial charge >= 0.3 is 0 Å². The zero-order valence-corrected chi connectivity index (χ0v) is 9.35. The molecule has 0 spiro atoms. The van der Waals surface area contributed by atoms with Crippen LogP contribution >= 0.6 is 0 Å². The molecule has 0 heterocycles. The molecular formula is C11H21NO. The molecule has 1 N–H and O–H groups in total. The summed E-state index contributed by atoms with van der Waals surface area (Å²) in [6, 6.07) is 0. The number of allylic oxidation sites excluding steroid dienone is 3. The zero-order valence-electron chi connectivity index (χ0n) is 9.35. The van der Waals surface area contributed by atoms with Crippen molar-refractivity contribution in [1.82, 2.24) is 5.32 Å². The van der Waals surface area contributed by atoms with Crippen LogP contribution in [0.2, 0.25) is 0 Å². The molecule has 0 aliphatic heterocycles. The summed E-state index contributed by atoms with van der Waals surface area (Å²) in [5.41, 5.74) is 0.877. The second-order valence-corrected chi connectivity index (χ2v) is 2.25. The van der Waals surface area contributed by atoms with Crippen molar-refractivity contribution in [2.45, 2.75) is 41.0 Å². The van der Waals surface area contributed by atoms with Gasteiger partial charge in [-0.1, -0.05) is 32.9 Å². The van der Waals surface area contributed by atoms with E-state index in [9.17, 15) is 4.79 Å². The molecule has 0 rings (SSSR count). The van der Waals surface area contributed by atoms with Gasteiger partial charge in [0.15, 0.2) is 0 Å². The van der Waals surface area contributed by atoms with Crippen molar-refractivity contribution in [3.63, 3.8) is 0 Å². The number of rotatable bonds is 3. The molecule has 0 saturated carbocycles. The van der Waals surface area contributed by atoms with Crippen LogP contribution in [0, 0.1) is 0 Å². The number of carbonyl (C=O) groups is 1. The van der Waals surface area contributed by atoms with E-state index in [1.54, 1.807) is 0 Å². The maximum atomic E-state index is 10.6. The molecule has 0 unspecified atom stereocenters. The van der Waals surface area contributed by atoms with E-state index in [0.717, 1.165) is 12.1 Å². The van der Waals surface area contributed by atoms with Gasteiger partial charge in [-0.2, -0.15) is 0 Å². The zero-order chi connectivity index (χ0) is 10.7. The highest BCUT2D eigenvalue weighted by atomic mass is 16.1. The summed E-state index contributed by atoms with van der Waals surface area (Å²) in [6.45, 7) is 9.46. The standard InChI is InChI=1S/C9H15NO.C2H6/c1-4-6-9(7-5-2)10-8(3)11;1-2/h4,6-7H,5H2,1-3H3,(H,10,11);1-2H3/b6-4-,9-7+;. The van der Waals surface area contributed by atoms with E-state index in [1.807, 2.05) is 45.9 Å². The van der Waals surface area contributed by atoms with E-state index in [-0.39, 0.29) is 5.91 Å². The molecule has 76 valence electrons. The highest BCUT2D eigenvalue weighted by Crippen LogP contribution is 1.93. The monoisotopic (exact) mass is 183 g/mol. The molecule has 1 amide bonds. The van der Waals surface area contributed by atoms with Gasteiger partial charge < -0.3 is 5.32 Å². The number of amides is 1.